The van der Waals surface area contributed by atoms with E-state index in [-0.39, 0.29) is 11.7 Å². The van der Waals surface area contributed by atoms with Crippen LogP contribution in [0.25, 0.3) is 0 Å². The quantitative estimate of drug-likeness (QED) is 0.785. The van der Waals surface area contributed by atoms with E-state index in [9.17, 15) is 4.79 Å². The summed E-state index contributed by atoms with van der Waals surface area (Å²) in [6.45, 7) is 1.70. The lowest BCUT2D eigenvalue weighted by Crippen LogP contribution is -2.13. The maximum absolute atomic E-state index is 11.7. The van der Waals surface area contributed by atoms with Crippen molar-refractivity contribution in [2.75, 3.05) is 11.1 Å². The number of nitrogens with zero attached hydrogens (tertiary/aromatic N) is 2. The molecule has 0 bridgehead atoms. The number of nitrogens with one attached hydrogen (secondary N) is 1. The van der Waals surface area contributed by atoms with Gasteiger partial charge in [0.2, 0.25) is 11.8 Å². The number of carbonyl (C=O) groups excluding carboxylic acids is 1. The molecule has 0 aliphatic carbocycles. The number of rotatable bonds is 4. The average Bonchev–Trinajstić information content (AvgIpc) is 2.77. The molecular formula is C11H9Br2N3O2S. The van der Waals surface area contributed by atoms with Crippen LogP contribution in [0.2, 0.25) is 0 Å². The van der Waals surface area contributed by atoms with E-state index in [1.54, 1.807) is 6.92 Å². The number of aryl methyl sites for hydroxylation is 1. The van der Waals surface area contributed by atoms with Crippen molar-refractivity contribution < 1.29 is 9.21 Å². The SMILES string of the molecule is Cc1nnc(SCC(=O)Nc2ccc(Br)c(Br)c2)o1. The van der Waals surface area contributed by atoms with Gasteiger partial charge in [-0.05, 0) is 50.1 Å². The third-order valence-electron chi connectivity index (χ3n) is 2.04. The maximum atomic E-state index is 11.7. The fourth-order valence-corrected chi connectivity index (χ4v) is 2.47. The Balaban J connectivity index is 1.88. The Bertz CT molecular complexity index is 603. The van der Waals surface area contributed by atoms with Crippen molar-refractivity contribution in [2.24, 2.45) is 0 Å². The molecule has 0 radical (unpaired) electrons. The Morgan fingerprint density at radius 3 is 2.79 bits per heavy atom. The highest BCUT2D eigenvalue weighted by Crippen LogP contribution is 2.26. The van der Waals surface area contributed by atoms with E-state index < -0.39 is 0 Å². The van der Waals surface area contributed by atoms with Gasteiger partial charge in [0.15, 0.2) is 0 Å². The van der Waals surface area contributed by atoms with Gasteiger partial charge < -0.3 is 9.73 Å². The van der Waals surface area contributed by atoms with Gasteiger partial charge in [-0.15, -0.1) is 10.2 Å². The zero-order valence-corrected chi connectivity index (χ0v) is 13.8. The Hall–Kier alpha value is -0.860. The van der Waals surface area contributed by atoms with E-state index in [4.69, 9.17) is 4.42 Å². The Labute approximate surface area is 130 Å². The van der Waals surface area contributed by atoms with Crippen LogP contribution in [-0.2, 0) is 4.79 Å². The van der Waals surface area contributed by atoms with Gasteiger partial charge in [-0.25, -0.2) is 0 Å². The summed E-state index contributed by atoms with van der Waals surface area (Å²) < 4.78 is 6.98. The molecule has 5 nitrogen and oxygen atoms in total. The average molecular weight is 407 g/mol. The summed E-state index contributed by atoms with van der Waals surface area (Å²) in [5, 5.41) is 10.7. The predicted molar refractivity (Wildman–Crippen MR) is 80.2 cm³/mol. The molecule has 0 aliphatic heterocycles. The molecule has 1 N–H and O–H groups in total. The van der Waals surface area contributed by atoms with Crippen LogP contribution in [-0.4, -0.2) is 21.9 Å². The zero-order valence-electron chi connectivity index (χ0n) is 9.81. The van der Waals surface area contributed by atoms with E-state index in [0.717, 1.165) is 14.6 Å². The summed E-state index contributed by atoms with van der Waals surface area (Å²) in [4.78, 5) is 11.7. The van der Waals surface area contributed by atoms with E-state index in [2.05, 4.69) is 47.4 Å². The van der Waals surface area contributed by atoms with E-state index in [1.165, 1.54) is 11.8 Å². The lowest BCUT2D eigenvalue weighted by molar-refractivity contribution is -0.113. The number of amides is 1. The fourth-order valence-electron chi connectivity index (χ4n) is 1.23. The number of anilines is 1. The summed E-state index contributed by atoms with van der Waals surface area (Å²) in [6.07, 6.45) is 0. The fraction of sp³-hybridized carbons (Fsp3) is 0.182. The lowest BCUT2D eigenvalue weighted by Gasteiger charge is -2.05. The van der Waals surface area contributed by atoms with E-state index in [1.807, 2.05) is 18.2 Å². The largest absolute Gasteiger partial charge is 0.416 e. The van der Waals surface area contributed by atoms with Gasteiger partial charge in [-0.3, -0.25) is 4.79 Å². The summed E-state index contributed by atoms with van der Waals surface area (Å²) in [7, 11) is 0. The van der Waals surface area contributed by atoms with Crippen molar-refractivity contribution in [2.45, 2.75) is 12.1 Å². The normalized spacial score (nSPS) is 10.5. The number of benzene rings is 1. The van der Waals surface area contributed by atoms with Crippen LogP contribution in [0.3, 0.4) is 0 Å². The second-order valence-corrected chi connectivity index (χ2v) is 6.19. The van der Waals surface area contributed by atoms with Gasteiger partial charge in [0.25, 0.3) is 5.22 Å². The number of hydrogen-bond acceptors (Lipinski definition) is 5. The molecule has 2 rings (SSSR count). The molecule has 0 unspecified atom stereocenters. The minimum Gasteiger partial charge on any atom is -0.416 e. The monoisotopic (exact) mass is 405 g/mol. The van der Waals surface area contributed by atoms with Gasteiger partial charge in [0, 0.05) is 21.6 Å². The van der Waals surface area contributed by atoms with Crippen molar-refractivity contribution in [1.82, 2.24) is 10.2 Å². The molecule has 0 saturated carbocycles. The van der Waals surface area contributed by atoms with Gasteiger partial charge in [-0.1, -0.05) is 11.8 Å². The Morgan fingerprint density at radius 1 is 1.37 bits per heavy atom. The third-order valence-corrected chi connectivity index (χ3v) is 4.74. The van der Waals surface area contributed by atoms with Crippen LogP contribution in [0.15, 0.2) is 36.8 Å². The van der Waals surface area contributed by atoms with Crippen LogP contribution in [0.5, 0.6) is 0 Å². The minimum absolute atomic E-state index is 0.130. The van der Waals surface area contributed by atoms with Crippen LogP contribution in [0, 0.1) is 6.92 Å². The first kappa shape index (κ1) is 14.5. The first-order valence-electron chi connectivity index (χ1n) is 5.22. The number of hydrogen-bond donors (Lipinski definition) is 1. The highest BCUT2D eigenvalue weighted by atomic mass is 79.9. The van der Waals surface area contributed by atoms with Gasteiger partial charge in [-0.2, -0.15) is 0 Å². The summed E-state index contributed by atoms with van der Waals surface area (Å²) in [6, 6.07) is 5.49. The highest BCUT2D eigenvalue weighted by Gasteiger charge is 2.08. The molecule has 1 amide bonds. The standard InChI is InChI=1S/C11H9Br2N3O2S/c1-6-15-16-11(18-6)19-5-10(17)14-7-2-3-8(12)9(13)4-7/h2-4H,5H2,1H3,(H,14,17). The minimum atomic E-state index is -0.130. The molecule has 0 saturated heterocycles. The third kappa shape index (κ3) is 4.32. The Morgan fingerprint density at radius 2 is 2.16 bits per heavy atom. The van der Waals surface area contributed by atoms with Crippen LogP contribution < -0.4 is 5.32 Å². The maximum Gasteiger partial charge on any atom is 0.277 e. The molecule has 0 aliphatic rings. The molecule has 0 spiro atoms. The lowest BCUT2D eigenvalue weighted by atomic mass is 10.3. The van der Waals surface area contributed by atoms with Crippen molar-refractivity contribution in [1.29, 1.82) is 0 Å². The molecule has 19 heavy (non-hydrogen) atoms. The molecule has 2 aromatic rings. The Kier molecular flexibility index (Phi) is 5.00. The summed E-state index contributed by atoms with van der Waals surface area (Å²) in [5.41, 5.74) is 0.724. The van der Waals surface area contributed by atoms with Crippen molar-refractivity contribution in [3.63, 3.8) is 0 Å². The number of carbonyl (C=O) groups is 1. The second-order valence-electron chi connectivity index (χ2n) is 3.55. The second kappa shape index (κ2) is 6.53. The van der Waals surface area contributed by atoms with Crippen molar-refractivity contribution in [3.8, 4) is 0 Å². The van der Waals surface area contributed by atoms with Crippen LogP contribution in [0.4, 0.5) is 5.69 Å². The highest BCUT2D eigenvalue weighted by molar-refractivity contribution is 9.13. The van der Waals surface area contributed by atoms with E-state index in [0.29, 0.717) is 11.1 Å². The first-order valence-corrected chi connectivity index (χ1v) is 7.79. The topological polar surface area (TPSA) is 68.0 Å². The summed E-state index contributed by atoms with van der Waals surface area (Å²) in [5.74, 6) is 0.574. The van der Waals surface area contributed by atoms with Gasteiger partial charge >= 0.3 is 0 Å². The molecule has 8 heteroatoms. The first-order chi connectivity index (χ1) is 9.04. The van der Waals surface area contributed by atoms with Crippen LogP contribution >= 0.6 is 43.6 Å². The molecule has 1 aromatic heterocycles. The van der Waals surface area contributed by atoms with Crippen molar-refractivity contribution >= 4 is 55.2 Å². The van der Waals surface area contributed by atoms with E-state index >= 15 is 0 Å². The van der Waals surface area contributed by atoms with Gasteiger partial charge in [0.05, 0.1) is 5.75 Å². The molecule has 1 aromatic carbocycles. The summed E-state index contributed by atoms with van der Waals surface area (Å²) >= 11 is 7.95. The molecule has 0 atom stereocenters. The number of halogens is 2. The van der Waals surface area contributed by atoms with Gasteiger partial charge in [0.1, 0.15) is 0 Å². The van der Waals surface area contributed by atoms with Crippen LogP contribution in [0.1, 0.15) is 5.89 Å². The molecular weight excluding hydrogens is 398 g/mol. The smallest absolute Gasteiger partial charge is 0.277 e. The number of thioether (sulfide) groups is 1. The van der Waals surface area contributed by atoms with Crippen molar-refractivity contribution in [3.05, 3.63) is 33.0 Å². The molecule has 0 fully saturated rings. The molecule has 1 heterocycles. The molecule has 100 valence electrons. The number of aromatic nitrogens is 2. The zero-order chi connectivity index (χ0) is 13.8. The predicted octanol–water partition coefficient (Wildman–Crippen LogP) is 3.63.